The fourth-order valence-corrected chi connectivity index (χ4v) is 3.70. The summed E-state index contributed by atoms with van der Waals surface area (Å²) in [6.07, 6.45) is 3.65. The SMILES string of the molecule is CN(C)C(=O)c1cccc(S(=O)(=O)NCCc2noc(C3CCC3)n2)c1. The minimum atomic E-state index is -3.72. The van der Waals surface area contributed by atoms with E-state index in [-0.39, 0.29) is 17.3 Å². The first-order valence-electron chi connectivity index (χ1n) is 8.50. The average molecular weight is 378 g/mol. The quantitative estimate of drug-likeness (QED) is 0.784. The average Bonchev–Trinajstić information content (AvgIpc) is 3.00. The number of aromatic nitrogens is 2. The van der Waals surface area contributed by atoms with Gasteiger partial charge in [0, 0.05) is 38.5 Å². The zero-order valence-corrected chi connectivity index (χ0v) is 15.6. The third-order valence-corrected chi connectivity index (χ3v) is 5.84. The molecule has 0 atom stereocenters. The normalized spacial score (nSPS) is 14.8. The van der Waals surface area contributed by atoms with Crippen LogP contribution in [-0.4, -0.2) is 50.0 Å². The number of sulfonamides is 1. The van der Waals surface area contributed by atoms with E-state index >= 15 is 0 Å². The van der Waals surface area contributed by atoms with Gasteiger partial charge in [0.05, 0.1) is 4.90 Å². The predicted octanol–water partition coefficient (Wildman–Crippen LogP) is 1.56. The van der Waals surface area contributed by atoms with E-state index in [1.807, 2.05) is 0 Å². The Morgan fingerprint density at radius 2 is 2.12 bits per heavy atom. The Bertz CT molecular complexity index is 888. The van der Waals surface area contributed by atoms with Gasteiger partial charge in [-0.05, 0) is 31.0 Å². The van der Waals surface area contributed by atoms with Gasteiger partial charge in [-0.15, -0.1) is 0 Å². The van der Waals surface area contributed by atoms with Gasteiger partial charge in [-0.2, -0.15) is 4.98 Å². The summed E-state index contributed by atoms with van der Waals surface area (Å²) >= 11 is 0. The second-order valence-electron chi connectivity index (χ2n) is 6.55. The third-order valence-electron chi connectivity index (χ3n) is 4.38. The molecule has 1 aliphatic rings. The van der Waals surface area contributed by atoms with Crippen molar-refractivity contribution in [3.63, 3.8) is 0 Å². The van der Waals surface area contributed by atoms with Gasteiger partial charge < -0.3 is 9.42 Å². The van der Waals surface area contributed by atoms with Crippen molar-refractivity contribution >= 4 is 15.9 Å². The molecule has 0 unspecified atom stereocenters. The van der Waals surface area contributed by atoms with E-state index in [2.05, 4.69) is 14.9 Å². The highest BCUT2D eigenvalue weighted by atomic mass is 32.2. The Hall–Kier alpha value is -2.26. The van der Waals surface area contributed by atoms with Crippen LogP contribution < -0.4 is 4.72 Å². The van der Waals surface area contributed by atoms with Crippen molar-refractivity contribution in [2.45, 2.75) is 36.5 Å². The lowest BCUT2D eigenvalue weighted by molar-refractivity contribution is 0.0827. The van der Waals surface area contributed by atoms with Crippen molar-refractivity contribution in [1.29, 1.82) is 0 Å². The molecule has 1 amide bonds. The molecule has 1 N–H and O–H groups in total. The minimum Gasteiger partial charge on any atom is -0.345 e. The van der Waals surface area contributed by atoms with Crippen molar-refractivity contribution in [3.8, 4) is 0 Å². The summed E-state index contributed by atoms with van der Waals surface area (Å²) in [4.78, 5) is 17.8. The van der Waals surface area contributed by atoms with Crippen molar-refractivity contribution < 1.29 is 17.7 Å². The largest absolute Gasteiger partial charge is 0.345 e. The van der Waals surface area contributed by atoms with Crippen LogP contribution in [0.25, 0.3) is 0 Å². The van der Waals surface area contributed by atoms with Crippen LogP contribution in [0.1, 0.15) is 47.3 Å². The van der Waals surface area contributed by atoms with E-state index in [9.17, 15) is 13.2 Å². The number of amides is 1. The van der Waals surface area contributed by atoms with E-state index in [0.29, 0.717) is 29.6 Å². The Kier molecular flexibility index (Phi) is 5.38. The van der Waals surface area contributed by atoms with Gasteiger partial charge in [0.25, 0.3) is 5.91 Å². The molecule has 0 radical (unpaired) electrons. The number of carbonyl (C=O) groups excluding carboxylic acids is 1. The van der Waals surface area contributed by atoms with Gasteiger partial charge in [-0.25, -0.2) is 13.1 Å². The van der Waals surface area contributed by atoms with Crippen molar-refractivity contribution in [2.24, 2.45) is 0 Å². The molecular weight excluding hydrogens is 356 g/mol. The van der Waals surface area contributed by atoms with Gasteiger partial charge in [0.2, 0.25) is 15.9 Å². The number of nitrogens with one attached hydrogen (secondary N) is 1. The number of benzene rings is 1. The van der Waals surface area contributed by atoms with Gasteiger partial charge in [-0.3, -0.25) is 4.79 Å². The van der Waals surface area contributed by atoms with Crippen LogP contribution in [0.15, 0.2) is 33.7 Å². The van der Waals surface area contributed by atoms with Crippen LogP contribution >= 0.6 is 0 Å². The van der Waals surface area contributed by atoms with Crippen LogP contribution in [0.4, 0.5) is 0 Å². The molecule has 1 heterocycles. The Morgan fingerprint density at radius 3 is 2.77 bits per heavy atom. The molecule has 0 aliphatic heterocycles. The molecule has 26 heavy (non-hydrogen) atoms. The zero-order valence-electron chi connectivity index (χ0n) is 14.8. The summed E-state index contributed by atoms with van der Waals surface area (Å²) in [6.45, 7) is 0.151. The second kappa shape index (κ2) is 7.55. The molecule has 1 fully saturated rings. The van der Waals surface area contributed by atoms with Crippen molar-refractivity contribution in [2.75, 3.05) is 20.6 Å². The molecule has 8 nitrogen and oxygen atoms in total. The number of nitrogens with zero attached hydrogens (tertiary/aromatic N) is 3. The molecule has 0 saturated heterocycles. The molecule has 0 bridgehead atoms. The Balaban J connectivity index is 1.61. The predicted molar refractivity (Wildman–Crippen MR) is 94.2 cm³/mol. The monoisotopic (exact) mass is 378 g/mol. The van der Waals surface area contributed by atoms with E-state index in [1.165, 1.54) is 23.5 Å². The van der Waals surface area contributed by atoms with E-state index < -0.39 is 10.0 Å². The molecule has 1 aromatic heterocycles. The Labute approximate surface area is 152 Å². The van der Waals surface area contributed by atoms with E-state index in [1.54, 1.807) is 26.2 Å². The van der Waals surface area contributed by atoms with E-state index in [0.717, 1.165) is 12.8 Å². The molecule has 1 aromatic carbocycles. The van der Waals surface area contributed by atoms with Gasteiger partial charge >= 0.3 is 0 Å². The lowest BCUT2D eigenvalue weighted by Gasteiger charge is -2.20. The highest BCUT2D eigenvalue weighted by Gasteiger charge is 2.25. The smallest absolute Gasteiger partial charge is 0.253 e. The molecule has 3 rings (SSSR count). The molecule has 140 valence electrons. The molecule has 0 spiro atoms. The number of rotatable bonds is 7. The maximum absolute atomic E-state index is 12.4. The molecule has 1 saturated carbocycles. The van der Waals surface area contributed by atoms with Gasteiger partial charge in [0.1, 0.15) is 0 Å². The Morgan fingerprint density at radius 1 is 1.35 bits per heavy atom. The van der Waals surface area contributed by atoms with Crippen molar-refractivity contribution in [3.05, 3.63) is 41.5 Å². The summed E-state index contributed by atoms with van der Waals surface area (Å²) in [5.74, 6) is 1.23. The van der Waals surface area contributed by atoms with Crippen molar-refractivity contribution in [1.82, 2.24) is 19.8 Å². The van der Waals surface area contributed by atoms with E-state index in [4.69, 9.17) is 4.52 Å². The van der Waals surface area contributed by atoms with Crippen LogP contribution in [0.3, 0.4) is 0 Å². The topological polar surface area (TPSA) is 105 Å². The summed E-state index contributed by atoms with van der Waals surface area (Å²) in [5.41, 5.74) is 0.321. The summed E-state index contributed by atoms with van der Waals surface area (Å²) in [7, 11) is -0.491. The van der Waals surface area contributed by atoms with Crippen LogP contribution in [-0.2, 0) is 16.4 Å². The molecule has 2 aromatic rings. The minimum absolute atomic E-state index is 0.0495. The fourth-order valence-electron chi connectivity index (χ4n) is 2.63. The summed E-state index contributed by atoms with van der Waals surface area (Å²) in [6, 6.07) is 5.96. The lowest BCUT2D eigenvalue weighted by Crippen LogP contribution is -2.27. The fraction of sp³-hybridized carbons (Fsp3) is 0.471. The second-order valence-corrected chi connectivity index (χ2v) is 8.32. The molecule has 9 heteroatoms. The van der Waals surface area contributed by atoms with Crippen LogP contribution in [0.5, 0.6) is 0 Å². The first kappa shape index (κ1) is 18.5. The zero-order chi connectivity index (χ0) is 18.7. The number of carbonyl (C=O) groups is 1. The van der Waals surface area contributed by atoms with Crippen LogP contribution in [0.2, 0.25) is 0 Å². The maximum atomic E-state index is 12.4. The summed E-state index contributed by atoms with van der Waals surface area (Å²) < 4.78 is 32.6. The first-order valence-corrected chi connectivity index (χ1v) is 9.99. The first-order chi connectivity index (χ1) is 12.4. The summed E-state index contributed by atoms with van der Waals surface area (Å²) in [5, 5.41) is 3.90. The number of hydrogen-bond donors (Lipinski definition) is 1. The third kappa shape index (κ3) is 4.10. The molecular formula is C17H22N4O4S. The standard InChI is InChI=1S/C17H22N4O4S/c1-21(2)17(22)13-7-4-8-14(11-13)26(23,24)18-10-9-15-19-16(25-20-15)12-5-3-6-12/h4,7-8,11-12,18H,3,5-6,9-10H2,1-2H3. The lowest BCUT2D eigenvalue weighted by atomic mass is 9.85. The highest BCUT2D eigenvalue weighted by Crippen LogP contribution is 2.35. The highest BCUT2D eigenvalue weighted by molar-refractivity contribution is 7.89. The van der Waals surface area contributed by atoms with Gasteiger partial charge in [-0.1, -0.05) is 17.6 Å². The maximum Gasteiger partial charge on any atom is 0.253 e. The molecule has 1 aliphatic carbocycles. The number of hydrogen-bond acceptors (Lipinski definition) is 6. The van der Waals surface area contributed by atoms with Crippen LogP contribution in [0, 0.1) is 0 Å². The van der Waals surface area contributed by atoms with Gasteiger partial charge in [0.15, 0.2) is 5.82 Å².